The molecule has 24 heavy (non-hydrogen) atoms. The van der Waals surface area contributed by atoms with E-state index in [-0.39, 0.29) is 18.0 Å². The molecule has 5 nitrogen and oxygen atoms in total. The number of para-hydroxylation sites is 1. The fraction of sp³-hybridized carbons (Fsp3) is 0.118. The van der Waals surface area contributed by atoms with Crippen LogP contribution in [0.4, 0.5) is 5.69 Å². The molecule has 0 saturated carbocycles. The quantitative estimate of drug-likeness (QED) is 0.774. The van der Waals surface area contributed by atoms with Crippen molar-refractivity contribution in [2.75, 3.05) is 5.32 Å². The third-order valence-corrected chi connectivity index (χ3v) is 4.12. The second kappa shape index (κ2) is 6.63. The summed E-state index contributed by atoms with van der Waals surface area (Å²) in [5.74, 6) is 0.0764. The van der Waals surface area contributed by atoms with Crippen molar-refractivity contribution >= 4 is 45.7 Å². The number of rotatable bonds is 3. The molecule has 1 N–H and O–H groups in total. The van der Waals surface area contributed by atoms with Gasteiger partial charge in [0, 0.05) is 5.02 Å². The van der Waals surface area contributed by atoms with Crippen molar-refractivity contribution in [2.45, 2.75) is 13.5 Å². The molecule has 3 aromatic rings. The zero-order valence-electron chi connectivity index (χ0n) is 12.7. The van der Waals surface area contributed by atoms with Crippen molar-refractivity contribution in [3.63, 3.8) is 0 Å². The Kier molecular flexibility index (Phi) is 4.55. The number of nitrogens with one attached hydrogen (secondary N) is 1. The van der Waals surface area contributed by atoms with Crippen LogP contribution in [-0.2, 0) is 11.3 Å². The lowest BCUT2D eigenvalue weighted by atomic mass is 10.2. The van der Waals surface area contributed by atoms with Crippen molar-refractivity contribution in [3.8, 4) is 0 Å². The predicted molar refractivity (Wildman–Crippen MR) is 95.8 cm³/mol. The summed E-state index contributed by atoms with van der Waals surface area (Å²) in [6.07, 6.45) is 0. The maximum absolute atomic E-state index is 12.6. The number of halogens is 2. The van der Waals surface area contributed by atoms with Crippen molar-refractivity contribution in [1.82, 2.24) is 9.55 Å². The Morgan fingerprint density at radius 3 is 2.75 bits per heavy atom. The topological polar surface area (TPSA) is 64.0 Å². The summed E-state index contributed by atoms with van der Waals surface area (Å²) < 4.78 is 1.33. The summed E-state index contributed by atoms with van der Waals surface area (Å²) in [6.45, 7) is 1.53. The summed E-state index contributed by atoms with van der Waals surface area (Å²) >= 11 is 11.9. The second-order valence-corrected chi connectivity index (χ2v) is 6.08. The highest BCUT2D eigenvalue weighted by Gasteiger charge is 2.12. The van der Waals surface area contributed by atoms with Crippen molar-refractivity contribution in [2.24, 2.45) is 0 Å². The number of benzene rings is 2. The molecule has 0 fully saturated rings. The van der Waals surface area contributed by atoms with Crippen LogP contribution in [0.25, 0.3) is 10.9 Å². The first-order valence-electron chi connectivity index (χ1n) is 7.17. The van der Waals surface area contributed by atoms with Crippen LogP contribution >= 0.6 is 23.2 Å². The Morgan fingerprint density at radius 1 is 1.21 bits per heavy atom. The molecule has 0 radical (unpaired) electrons. The van der Waals surface area contributed by atoms with E-state index in [0.717, 1.165) is 0 Å². The van der Waals surface area contributed by atoms with Crippen LogP contribution < -0.4 is 10.9 Å². The molecular formula is C17H13Cl2N3O2. The minimum Gasteiger partial charge on any atom is -0.323 e. The molecule has 1 aromatic heterocycles. The standard InChI is InChI=1S/C17H13Cl2N3O2/c1-10-20-14-5-3-2-4-12(14)17(24)22(10)9-16(23)21-15-8-11(18)6-7-13(15)19/h2-8H,9H2,1H3,(H,21,23). The molecular weight excluding hydrogens is 349 g/mol. The van der Waals surface area contributed by atoms with Crippen LogP contribution in [0.1, 0.15) is 5.82 Å². The number of carbonyl (C=O) groups is 1. The third kappa shape index (κ3) is 3.27. The number of aromatic nitrogens is 2. The van der Waals surface area contributed by atoms with Crippen molar-refractivity contribution < 1.29 is 4.79 Å². The normalized spacial score (nSPS) is 10.8. The number of hydrogen-bond donors (Lipinski definition) is 1. The molecule has 0 atom stereocenters. The first-order chi connectivity index (χ1) is 11.5. The average Bonchev–Trinajstić information content (AvgIpc) is 2.55. The van der Waals surface area contributed by atoms with Gasteiger partial charge in [-0.1, -0.05) is 35.3 Å². The summed E-state index contributed by atoms with van der Waals surface area (Å²) in [5.41, 5.74) is 0.744. The third-order valence-electron chi connectivity index (χ3n) is 3.56. The van der Waals surface area contributed by atoms with Gasteiger partial charge in [-0.15, -0.1) is 0 Å². The summed E-state index contributed by atoms with van der Waals surface area (Å²) in [7, 11) is 0. The minimum absolute atomic E-state index is 0.161. The Hall–Kier alpha value is -2.37. The lowest BCUT2D eigenvalue weighted by Gasteiger charge is -2.12. The molecule has 2 aromatic carbocycles. The largest absolute Gasteiger partial charge is 0.323 e. The lowest BCUT2D eigenvalue weighted by molar-refractivity contribution is -0.116. The zero-order chi connectivity index (χ0) is 17.3. The number of amides is 1. The van der Waals surface area contributed by atoms with Gasteiger partial charge in [-0.2, -0.15) is 0 Å². The molecule has 0 aliphatic carbocycles. The number of fused-ring (bicyclic) bond motifs is 1. The SMILES string of the molecule is Cc1nc2ccccc2c(=O)n1CC(=O)Nc1cc(Cl)ccc1Cl. The molecule has 1 heterocycles. The van der Waals surface area contributed by atoms with E-state index in [2.05, 4.69) is 10.3 Å². The first kappa shape index (κ1) is 16.5. The monoisotopic (exact) mass is 361 g/mol. The van der Waals surface area contributed by atoms with Gasteiger partial charge in [0.1, 0.15) is 12.4 Å². The molecule has 3 rings (SSSR count). The number of nitrogens with zero attached hydrogens (tertiary/aromatic N) is 2. The molecule has 0 spiro atoms. The number of aryl methyl sites for hydroxylation is 1. The van der Waals surface area contributed by atoms with Crippen LogP contribution in [0, 0.1) is 6.92 Å². The first-order valence-corrected chi connectivity index (χ1v) is 7.92. The van der Waals surface area contributed by atoms with E-state index in [1.54, 1.807) is 43.3 Å². The molecule has 122 valence electrons. The zero-order valence-corrected chi connectivity index (χ0v) is 14.2. The van der Waals surface area contributed by atoms with Crippen LogP contribution in [0.3, 0.4) is 0 Å². The van der Waals surface area contributed by atoms with Gasteiger partial charge in [0.15, 0.2) is 0 Å². The van der Waals surface area contributed by atoms with Gasteiger partial charge in [0.2, 0.25) is 5.91 Å². The highest BCUT2D eigenvalue weighted by atomic mass is 35.5. The fourth-order valence-electron chi connectivity index (χ4n) is 2.39. The highest BCUT2D eigenvalue weighted by molar-refractivity contribution is 6.35. The van der Waals surface area contributed by atoms with Crippen molar-refractivity contribution in [1.29, 1.82) is 0 Å². The van der Waals surface area contributed by atoms with E-state index in [4.69, 9.17) is 23.2 Å². The molecule has 0 saturated heterocycles. The van der Waals surface area contributed by atoms with Crippen LogP contribution in [0.2, 0.25) is 10.0 Å². The Labute approximate surface area is 147 Å². The van der Waals surface area contributed by atoms with Crippen LogP contribution in [0.15, 0.2) is 47.3 Å². The van der Waals surface area contributed by atoms with E-state index >= 15 is 0 Å². The van der Waals surface area contributed by atoms with Gasteiger partial charge < -0.3 is 5.32 Å². The van der Waals surface area contributed by atoms with Crippen molar-refractivity contribution in [3.05, 3.63) is 68.7 Å². The van der Waals surface area contributed by atoms with Crippen LogP contribution in [-0.4, -0.2) is 15.5 Å². The minimum atomic E-state index is -0.388. The molecule has 0 aliphatic heterocycles. The van der Waals surface area contributed by atoms with Gasteiger partial charge in [0.05, 0.1) is 21.6 Å². The van der Waals surface area contributed by atoms with Gasteiger partial charge in [0.25, 0.3) is 5.56 Å². The lowest BCUT2D eigenvalue weighted by Crippen LogP contribution is -2.30. The molecule has 0 bridgehead atoms. The maximum atomic E-state index is 12.6. The predicted octanol–water partition coefficient (Wildman–Crippen LogP) is 3.65. The molecule has 1 amide bonds. The summed E-state index contributed by atoms with van der Waals surface area (Å²) in [6, 6.07) is 11.8. The average molecular weight is 362 g/mol. The Bertz CT molecular complexity index is 999. The van der Waals surface area contributed by atoms with Crippen LogP contribution in [0.5, 0.6) is 0 Å². The molecule has 0 aliphatic rings. The van der Waals surface area contributed by atoms with Gasteiger partial charge in [-0.3, -0.25) is 14.2 Å². The smallest absolute Gasteiger partial charge is 0.261 e. The van der Waals surface area contributed by atoms with Gasteiger partial charge in [-0.05, 0) is 37.3 Å². The highest BCUT2D eigenvalue weighted by Crippen LogP contribution is 2.25. The van der Waals surface area contributed by atoms with E-state index in [9.17, 15) is 9.59 Å². The van der Waals surface area contributed by atoms with Gasteiger partial charge in [-0.25, -0.2) is 4.98 Å². The number of hydrogen-bond acceptors (Lipinski definition) is 3. The van der Waals surface area contributed by atoms with E-state index in [1.165, 1.54) is 4.57 Å². The number of carbonyl (C=O) groups excluding carboxylic acids is 1. The number of anilines is 1. The molecule has 7 heteroatoms. The van der Waals surface area contributed by atoms with E-state index < -0.39 is 0 Å². The Balaban J connectivity index is 1.91. The van der Waals surface area contributed by atoms with E-state index in [0.29, 0.717) is 32.5 Å². The maximum Gasteiger partial charge on any atom is 0.261 e. The summed E-state index contributed by atoms with van der Waals surface area (Å²) in [5, 5.41) is 3.95. The Morgan fingerprint density at radius 2 is 1.96 bits per heavy atom. The van der Waals surface area contributed by atoms with Gasteiger partial charge >= 0.3 is 0 Å². The fourth-order valence-corrected chi connectivity index (χ4v) is 2.73. The summed E-state index contributed by atoms with van der Waals surface area (Å²) in [4.78, 5) is 29.2. The molecule has 0 unspecified atom stereocenters. The second-order valence-electron chi connectivity index (χ2n) is 5.24. The van der Waals surface area contributed by atoms with E-state index in [1.807, 2.05) is 6.07 Å².